The van der Waals surface area contributed by atoms with Crippen molar-refractivity contribution < 1.29 is 14.6 Å². The minimum Gasteiger partial charge on any atom is -0.496 e. The monoisotopic (exact) mass is 398 g/mol. The largest absolute Gasteiger partial charge is 0.496 e. The number of hydrogen-bond donors (Lipinski definition) is 1. The molecule has 4 heteroatoms. The average Bonchev–Trinajstić information content (AvgIpc) is 2.68. The van der Waals surface area contributed by atoms with Gasteiger partial charge in [-0.05, 0) is 33.1 Å². The number of hydrogen-bond acceptors (Lipinski definition) is 3. The van der Waals surface area contributed by atoms with E-state index in [1.165, 1.54) is 0 Å². The van der Waals surface area contributed by atoms with Gasteiger partial charge in [-0.3, -0.25) is 0 Å². The summed E-state index contributed by atoms with van der Waals surface area (Å²) in [5, 5.41) is 11.9. The van der Waals surface area contributed by atoms with E-state index in [2.05, 4.69) is 15.9 Å². The van der Waals surface area contributed by atoms with Crippen LogP contribution in [0.15, 0.2) is 77.3 Å². The molecule has 0 atom stereocenters. The third kappa shape index (κ3) is 3.15. The summed E-state index contributed by atoms with van der Waals surface area (Å²) in [7, 11) is 3.18. The molecule has 0 aromatic heterocycles. The molecule has 0 unspecified atom stereocenters. The molecule has 3 aromatic carbocycles. The topological polar surface area (TPSA) is 38.7 Å². The number of methoxy groups -OCH3 is 2. The molecular formula is C21H19BrO3. The van der Waals surface area contributed by atoms with Crippen molar-refractivity contribution in [3.05, 3.63) is 94.0 Å². The number of benzene rings is 3. The standard InChI is InChI=1S/C21H19BrO3/c1-24-19-14-20(25-2)18(22)13-17(19)21(23,15-9-5-3-6-10-15)16-11-7-4-8-12-16/h3-14,23H,1-2H3. The Morgan fingerprint density at radius 1 is 0.760 bits per heavy atom. The van der Waals surface area contributed by atoms with Gasteiger partial charge < -0.3 is 14.6 Å². The molecule has 25 heavy (non-hydrogen) atoms. The van der Waals surface area contributed by atoms with Gasteiger partial charge in [0.05, 0.1) is 18.7 Å². The van der Waals surface area contributed by atoms with E-state index in [0.717, 1.165) is 15.6 Å². The molecule has 0 saturated heterocycles. The minimum atomic E-state index is -1.36. The molecular weight excluding hydrogens is 380 g/mol. The fourth-order valence-electron chi connectivity index (χ4n) is 2.98. The van der Waals surface area contributed by atoms with Gasteiger partial charge in [-0.15, -0.1) is 0 Å². The van der Waals surface area contributed by atoms with Crippen LogP contribution in [0.4, 0.5) is 0 Å². The molecule has 0 fully saturated rings. The summed E-state index contributed by atoms with van der Waals surface area (Å²) in [6.07, 6.45) is 0. The second-order valence-corrected chi connectivity index (χ2v) is 6.48. The summed E-state index contributed by atoms with van der Waals surface area (Å²) < 4.78 is 11.7. The van der Waals surface area contributed by atoms with Crippen LogP contribution < -0.4 is 9.47 Å². The minimum absolute atomic E-state index is 0.551. The van der Waals surface area contributed by atoms with Gasteiger partial charge in [0.15, 0.2) is 0 Å². The van der Waals surface area contributed by atoms with Gasteiger partial charge in [-0.1, -0.05) is 60.7 Å². The molecule has 0 spiro atoms. The first-order valence-corrected chi connectivity index (χ1v) is 8.66. The maximum absolute atomic E-state index is 11.9. The van der Waals surface area contributed by atoms with E-state index in [-0.39, 0.29) is 0 Å². The van der Waals surface area contributed by atoms with E-state index in [4.69, 9.17) is 9.47 Å². The van der Waals surface area contributed by atoms with Crippen LogP contribution in [0.25, 0.3) is 0 Å². The molecule has 0 amide bonds. The third-order valence-electron chi connectivity index (χ3n) is 4.25. The summed E-state index contributed by atoms with van der Waals surface area (Å²) in [5.41, 5.74) is 0.802. The maximum atomic E-state index is 11.9. The molecule has 3 nitrogen and oxygen atoms in total. The highest BCUT2D eigenvalue weighted by molar-refractivity contribution is 9.10. The van der Waals surface area contributed by atoms with E-state index < -0.39 is 5.60 Å². The highest BCUT2D eigenvalue weighted by atomic mass is 79.9. The van der Waals surface area contributed by atoms with Crippen molar-refractivity contribution in [3.63, 3.8) is 0 Å². The van der Waals surface area contributed by atoms with Gasteiger partial charge in [0.1, 0.15) is 17.1 Å². The summed E-state index contributed by atoms with van der Waals surface area (Å²) in [6.45, 7) is 0. The molecule has 128 valence electrons. The van der Waals surface area contributed by atoms with Crippen molar-refractivity contribution in [1.29, 1.82) is 0 Å². The van der Waals surface area contributed by atoms with Crippen molar-refractivity contribution in [2.75, 3.05) is 14.2 Å². The van der Waals surface area contributed by atoms with Gasteiger partial charge in [0.25, 0.3) is 0 Å². The highest BCUT2D eigenvalue weighted by Gasteiger charge is 2.37. The zero-order chi connectivity index (χ0) is 17.9. The first-order valence-electron chi connectivity index (χ1n) is 7.86. The first kappa shape index (κ1) is 17.5. The Kier molecular flexibility index (Phi) is 5.11. The highest BCUT2D eigenvalue weighted by Crippen LogP contribution is 2.44. The van der Waals surface area contributed by atoms with Crippen molar-refractivity contribution in [2.45, 2.75) is 5.60 Å². The van der Waals surface area contributed by atoms with Gasteiger partial charge in [-0.25, -0.2) is 0 Å². The quantitative estimate of drug-likeness (QED) is 0.630. The predicted octanol–water partition coefficient (Wildman–Crippen LogP) is 4.75. The number of halogens is 1. The van der Waals surface area contributed by atoms with Crippen LogP contribution in [-0.2, 0) is 5.60 Å². The molecule has 0 saturated carbocycles. The van der Waals surface area contributed by atoms with E-state index in [9.17, 15) is 5.11 Å². The van der Waals surface area contributed by atoms with Gasteiger partial charge >= 0.3 is 0 Å². The van der Waals surface area contributed by atoms with Crippen LogP contribution in [0.5, 0.6) is 11.5 Å². The lowest BCUT2D eigenvalue weighted by atomic mass is 9.80. The molecule has 0 aliphatic heterocycles. The van der Waals surface area contributed by atoms with Crippen molar-refractivity contribution >= 4 is 15.9 Å². The van der Waals surface area contributed by atoms with E-state index >= 15 is 0 Å². The van der Waals surface area contributed by atoms with E-state index in [1.807, 2.05) is 66.7 Å². The Bertz CT molecular complexity index is 808. The summed E-state index contributed by atoms with van der Waals surface area (Å²) >= 11 is 3.52. The van der Waals surface area contributed by atoms with Crippen LogP contribution in [0.2, 0.25) is 0 Å². The SMILES string of the molecule is COc1cc(OC)c(C(O)(c2ccccc2)c2ccccc2)cc1Br. The van der Waals surface area contributed by atoms with Crippen molar-refractivity contribution in [2.24, 2.45) is 0 Å². The predicted molar refractivity (Wildman–Crippen MR) is 102 cm³/mol. The number of ether oxygens (including phenoxy) is 2. The van der Waals surface area contributed by atoms with Crippen LogP contribution in [0.3, 0.4) is 0 Å². The zero-order valence-electron chi connectivity index (χ0n) is 14.1. The van der Waals surface area contributed by atoms with Crippen LogP contribution >= 0.6 is 15.9 Å². The summed E-state index contributed by atoms with van der Waals surface area (Å²) in [4.78, 5) is 0. The van der Waals surface area contributed by atoms with Gasteiger partial charge in [-0.2, -0.15) is 0 Å². The fraction of sp³-hybridized carbons (Fsp3) is 0.143. The molecule has 0 bridgehead atoms. The first-order chi connectivity index (χ1) is 12.1. The molecule has 1 N–H and O–H groups in total. The normalized spacial score (nSPS) is 11.2. The Morgan fingerprint density at radius 3 is 1.68 bits per heavy atom. The smallest absolute Gasteiger partial charge is 0.144 e. The maximum Gasteiger partial charge on any atom is 0.144 e. The molecule has 3 aromatic rings. The van der Waals surface area contributed by atoms with E-state index in [0.29, 0.717) is 17.1 Å². The Morgan fingerprint density at radius 2 is 1.24 bits per heavy atom. The second-order valence-electron chi connectivity index (χ2n) is 5.63. The number of rotatable bonds is 5. The van der Waals surface area contributed by atoms with Gasteiger partial charge in [0.2, 0.25) is 0 Å². The summed E-state index contributed by atoms with van der Waals surface area (Å²) in [5.74, 6) is 1.19. The Balaban J connectivity index is 2.32. The zero-order valence-corrected chi connectivity index (χ0v) is 15.7. The second kappa shape index (κ2) is 7.30. The van der Waals surface area contributed by atoms with Crippen LogP contribution in [0, 0.1) is 0 Å². The third-order valence-corrected chi connectivity index (χ3v) is 4.87. The molecule has 0 heterocycles. The lowest BCUT2D eigenvalue weighted by Gasteiger charge is -2.31. The van der Waals surface area contributed by atoms with Gasteiger partial charge in [0, 0.05) is 11.6 Å². The molecule has 0 radical (unpaired) electrons. The van der Waals surface area contributed by atoms with Crippen LogP contribution in [-0.4, -0.2) is 19.3 Å². The van der Waals surface area contributed by atoms with Crippen molar-refractivity contribution in [3.8, 4) is 11.5 Å². The Labute approximate surface area is 156 Å². The Hall–Kier alpha value is -2.30. The summed E-state index contributed by atoms with van der Waals surface area (Å²) in [6, 6.07) is 22.7. The average molecular weight is 399 g/mol. The van der Waals surface area contributed by atoms with Crippen molar-refractivity contribution in [1.82, 2.24) is 0 Å². The lowest BCUT2D eigenvalue weighted by molar-refractivity contribution is 0.122. The number of aliphatic hydroxyl groups is 1. The van der Waals surface area contributed by atoms with E-state index in [1.54, 1.807) is 20.3 Å². The molecule has 3 rings (SSSR count). The fourth-order valence-corrected chi connectivity index (χ4v) is 3.48. The molecule has 0 aliphatic rings. The molecule has 0 aliphatic carbocycles. The lowest BCUT2D eigenvalue weighted by Crippen LogP contribution is -2.29. The van der Waals surface area contributed by atoms with Crippen LogP contribution in [0.1, 0.15) is 16.7 Å².